The van der Waals surface area contributed by atoms with Crippen LogP contribution in [0.4, 0.5) is 0 Å². The summed E-state index contributed by atoms with van der Waals surface area (Å²) in [6.07, 6.45) is 2.53. The van der Waals surface area contributed by atoms with Crippen molar-refractivity contribution in [2.45, 2.75) is 53.7 Å². The predicted octanol–water partition coefficient (Wildman–Crippen LogP) is 5.04. The van der Waals surface area contributed by atoms with Crippen LogP contribution in [-0.2, 0) is 0 Å². The fraction of sp³-hybridized carbons (Fsp3) is 0.529. The Bertz CT molecular complexity index is 626. The first kappa shape index (κ1) is 16.2. The summed E-state index contributed by atoms with van der Waals surface area (Å²) in [7, 11) is -1.55. The van der Waals surface area contributed by atoms with Crippen molar-refractivity contribution in [2.24, 2.45) is 0 Å². The summed E-state index contributed by atoms with van der Waals surface area (Å²) in [5.74, 6) is 0. The third-order valence-electron chi connectivity index (χ3n) is 4.96. The quantitative estimate of drug-likeness (QED) is 0.629. The maximum atomic E-state index is 2.67. The van der Waals surface area contributed by atoms with E-state index in [1.165, 1.54) is 10.9 Å². The van der Waals surface area contributed by atoms with E-state index in [-0.39, 0.29) is 0 Å². The molecule has 0 aliphatic rings. The van der Waals surface area contributed by atoms with E-state index in [1.807, 2.05) is 0 Å². The van der Waals surface area contributed by atoms with Gasteiger partial charge >= 0.3 is 130 Å². The molecule has 1 aromatic carbocycles. The molecule has 20 heavy (non-hydrogen) atoms. The van der Waals surface area contributed by atoms with Gasteiger partial charge < -0.3 is 0 Å². The summed E-state index contributed by atoms with van der Waals surface area (Å²) in [6.45, 7) is 12.2. The van der Waals surface area contributed by atoms with Crippen molar-refractivity contribution >= 4 is 41.1 Å². The fourth-order valence-corrected chi connectivity index (χ4v) is 9.32. The van der Waals surface area contributed by atoms with Gasteiger partial charge in [0.1, 0.15) is 0 Å². The van der Waals surface area contributed by atoms with Crippen LogP contribution >= 0.6 is 0 Å². The van der Waals surface area contributed by atoms with Gasteiger partial charge in [-0.3, -0.25) is 0 Å². The van der Waals surface area contributed by atoms with Gasteiger partial charge in [0, 0.05) is 0 Å². The summed E-state index contributed by atoms with van der Waals surface area (Å²) in [4.78, 5) is 7.56. The number of hydrogen-bond donors (Lipinski definition) is 0. The summed E-state index contributed by atoms with van der Waals surface area (Å²) in [6, 6.07) is 9.03. The Hall–Kier alpha value is -0.224. The summed E-state index contributed by atoms with van der Waals surface area (Å²) in [5.41, 5.74) is 1.46. The third kappa shape index (κ3) is 2.61. The molecule has 0 radical (unpaired) electrons. The number of nitrogens with zero attached hydrogens (tertiary/aromatic N) is 1. The van der Waals surface area contributed by atoms with Crippen LogP contribution in [0, 0.1) is 0 Å². The molecule has 2 rings (SSSR count). The van der Waals surface area contributed by atoms with Crippen LogP contribution in [0.25, 0.3) is 10.9 Å². The standard InChI is InChI=1S/C14H20NSi.3CH3.Sn/c1-14(2,3)16(4,5)15-11-10-12-8-6-7-9-13(12)15;;;;/h6-9,11H,1-5H3;3*1H3;. The van der Waals surface area contributed by atoms with Crippen LogP contribution in [0.1, 0.15) is 20.8 Å². The molecule has 0 spiro atoms. The molecule has 2 aromatic rings. The van der Waals surface area contributed by atoms with Crippen LogP contribution < -0.4 is 3.58 Å². The molecule has 0 bridgehead atoms. The van der Waals surface area contributed by atoms with Gasteiger partial charge in [-0.1, -0.05) is 0 Å². The van der Waals surface area contributed by atoms with Crippen molar-refractivity contribution in [2.75, 3.05) is 0 Å². The second-order valence-electron chi connectivity index (χ2n) is 8.49. The molecule has 0 saturated carbocycles. The average molecular weight is 394 g/mol. The molecule has 0 unspecified atom stereocenters. The number of rotatable bonds is 2. The van der Waals surface area contributed by atoms with E-state index in [1.54, 1.807) is 3.58 Å². The van der Waals surface area contributed by atoms with Gasteiger partial charge in [-0.15, -0.1) is 0 Å². The normalized spacial score (nSPS) is 14.0. The second kappa shape index (κ2) is 4.91. The Balaban J connectivity index is 2.80. The van der Waals surface area contributed by atoms with Gasteiger partial charge in [-0.2, -0.15) is 0 Å². The summed E-state index contributed by atoms with van der Waals surface area (Å²) < 4.78 is 4.35. The van der Waals surface area contributed by atoms with E-state index in [0.29, 0.717) is 5.04 Å². The van der Waals surface area contributed by atoms with Gasteiger partial charge in [-0.05, 0) is 0 Å². The molecule has 1 heterocycles. The summed E-state index contributed by atoms with van der Waals surface area (Å²) in [5, 5.41) is 1.88. The molecule has 0 saturated heterocycles. The van der Waals surface area contributed by atoms with E-state index in [4.69, 9.17) is 0 Å². The number of hydrogen-bond acceptors (Lipinski definition) is 0. The minimum atomic E-state index is -2.08. The molecule has 1 aromatic heterocycles. The predicted molar refractivity (Wildman–Crippen MR) is 97.5 cm³/mol. The molecule has 3 heteroatoms. The van der Waals surface area contributed by atoms with Gasteiger partial charge in [0.25, 0.3) is 0 Å². The van der Waals surface area contributed by atoms with Crippen LogP contribution in [-0.4, -0.2) is 30.8 Å². The van der Waals surface area contributed by atoms with E-state index < -0.39 is 26.6 Å². The fourth-order valence-electron chi connectivity index (χ4n) is 2.60. The Labute approximate surface area is 129 Å². The Morgan fingerprint density at radius 3 is 2.05 bits per heavy atom. The van der Waals surface area contributed by atoms with Crippen molar-refractivity contribution in [3.8, 4) is 0 Å². The molecule has 0 aliphatic carbocycles. The summed E-state index contributed by atoms with van der Waals surface area (Å²) >= 11 is -2.08. The van der Waals surface area contributed by atoms with Gasteiger partial charge in [0.05, 0.1) is 0 Å². The first-order valence-corrected chi connectivity index (χ1v) is 20.5. The Kier molecular flexibility index (Phi) is 3.96. The van der Waals surface area contributed by atoms with Gasteiger partial charge in [-0.25, -0.2) is 0 Å². The topological polar surface area (TPSA) is 4.93 Å². The molecule has 1 nitrogen and oxygen atoms in total. The van der Waals surface area contributed by atoms with Crippen LogP contribution in [0.2, 0.25) is 33.0 Å². The number of fused-ring (bicyclic) bond motifs is 1. The molecule has 0 fully saturated rings. The zero-order valence-corrected chi connectivity index (χ0v) is 18.2. The van der Waals surface area contributed by atoms with Crippen molar-refractivity contribution in [3.05, 3.63) is 30.5 Å². The zero-order chi connectivity index (χ0) is 15.3. The average Bonchev–Trinajstić information content (AvgIpc) is 2.66. The van der Waals surface area contributed by atoms with Crippen LogP contribution in [0.5, 0.6) is 0 Å². The molecule has 0 aliphatic heterocycles. The Morgan fingerprint density at radius 2 is 1.55 bits per heavy atom. The number of aromatic nitrogens is 1. The molecular formula is C17H29NSiSn. The van der Waals surface area contributed by atoms with Gasteiger partial charge in [0.2, 0.25) is 0 Å². The molecule has 110 valence electrons. The SMILES string of the molecule is CC(C)(C)[Si](C)(C)n1c[c]([Sn]([CH3])([CH3])[CH3])c2ccccc21. The van der Waals surface area contributed by atoms with Gasteiger partial charge in [0.15, 0.2) is 0 Å². The van der Waals surface area contributed by atoms with Crippen LogP contribution in [0.15, 0.2) is 30.5 Å². The third-order valence-corrected chi connectivity index (χ3v) is 16.0. The van der Waals surface area contributed by atoms with Crippen molar-refractivity contribution in [1.29, 1.82) is 0 Å². The zero-order valence-electron chi connectivity index (χ0n) is 14.3. The first-order chi connectivity index (χ1) is 8.96. The second-order valence-corrected chi connectivity index (χ2v) is 28.0. The Morgan fingerprint density at radius 1 is 1.00 bits per heavy atom. The molecule has 0 N–H and O–H groups in total. The maximum absolute atomic E-state index is 2.67. The molecule has 0 atom stereocenters. The monoisotopic (exact) mass is 395 g/mol. The number of benzene rings is 1. The molecular weight excluding hydrogens is 365 g/mol. The van der Waals surface area contributed by atoms with E-state index in [2.05, 4.69) is 83.4 Å². The van der Waals surface area contributed by atoms with Crippen molar-refractivity contribution in [3.63, 3.8) is 0 Å². The molecule has 0 amide bonds. The van der Waals surface area contributed by atoms with Crippen LogP contribution in [0.3, 0.4) is 0 Å². The van der Waals surface area contributed by atoms with E-state index >= 15 is 0 Å². The van der Waals surface area contributed by atoms with Crippen molar-refractivity contribution in [1.82, 2.24) is 4.23 Å². The first-order valence-electron chi connectivity index (χ1n) is 7.57. The minimum absolute atomic E-state index is 0.361. The van der Waals surface area contributed by atoms with E-state index in [9.17, 15) is 0 Å². The number of para-hydroxylation sites is 1. The van der Waals surface area contributed by atoms with E-state index in [0.717, 1.165) is 0 Å². The van der Waals surface area contributed by atoms with Crippen molar-refractivity contribution < 1.29 is 0 Å².